The van der Waals surface area contributed by atoms with Crippen LogP contribution in [0.2, 0.25) is 19.6 Å². The monoisotopic (exact) mass is 879 g/mol. The summed E-state index contributed by atoms with van der Waals surface area (Å²) in [5.74, 6) is 2.06. The van der Waals surface area contributed by atoms with Crippen molar-refractivity contribution < 1.29 is 13.6 Å². The number of para-hydroxylation sites is 3. The van der Waals surface area contributed by atoms with E-state index in [0.717, 1.165) is 34.8 Å². The van der Waals surface area contributed by atoms with E-state index in [2.05, 4.69) is 221 Å². The fourth-order valence-corrected chi connectivity index (χ4v) is 13.0. The first-order valence-corrected chi connectivity index (χ1v) is 27.8. The third-order valence-corrected chi connectivity index (χ3v) is 17.4. The molecule has 9 aromatic rings. The van der Waals surface area contributed by atoms with E-state index in [1.807, 2.05) is 0 Å². The summed E-state index contributed by atoms with van der Waals surface area (Å²) in [4.78, 5) is 0. The Labute approximate surface area is 390 Å². The lowest BCUT2D eigenvalue weighted by atomic mass is 9.79. The minimum absolute atomic E-state index is 0.0980. The average Bonchev–Trinajstić information content (AvgIpc) is 3.94. The first kappa shape index (κ1) is 41.2. The van der Waals surface area contributed by atoms with Gasteiger partial charge in [0.2, 0.25) is 5.69 Å². The van der Waals surface area contributed by atoms with Crippen LogP contribution < -0.4 is 14.3 Å². The Morgan fingerprint density at radius 2 is 1.41 bits per heavy atom. The number of aromatic nitrogens is 3. The highest BCUT2D eigenvalue weighted by atomic mass is 28.3. The Bertz CT molecular complexity index is 3480. The van der Waals surface area contributed by atoms with Crippen molar-refractivity contribution in [3.8, 4) is 39.5 Å². The second kappa shape index (κ2) is 14.6. The fourth-order valence-electron chi connectivity index (χ4n) is 11.9. The number of hydrogen-bond donors (Lipinski definition) is 0. The molecule has 2 atom stereocenters. The first-order chi connectivity index (χ1) is 31.7. The summed E-state index contributed by atoms with van der Waals surface area (Å²) >= 11 is 0. The largest absolute Gasteiger partial charge is 0.455 e. The van der Waals surface area contributed by atoms with Gasteiger partial charge in [-0.05, 0) is 87.4 Å². The highest BCUT2D eigenvalue weighted by Crippen LogP contribution is 2.56. The molecule has 0 amide bonds. The molecule has 328 valence electrons. The van der Waals surface area contributed by atoms with E-state index in [1.54, 1.807) is 0 Å². The second-order valence-corrected chi connectivity index (χ2v) is 27.2. The van der Waals surface area contributed by atoms with Gasteiger partial charge in [0.05, 0.1) is 26.0 Å². The molecule has 0 radical (unpaired) electrons. The van der Waals surface area contributed by atoms with Gasteiger partial charge >= 0.3 is 5.82 Å². The highest BCUT2D eigenvalue weighted by Gasteiger charge is 2.52. The molecule has 0 saturated heterocycles. The van der Waals surface area contributed by atoms with Crippen LogP contribution in [-0.2, 0) is 11.8 Å². The van der Waals surface area contributed by atoms with Crippen LogP contribution in [0, 0.1) is 0 Å². The maximum absolute atomic E-state index is 7.38. The molecule has 0 bridgehead atoms. The Hall–Kier alpha value is -6.30. The molecule has 3 aromatic heterocycles. The Kier molecular flexibility index (Phi) is 9.10. The lowest BCUT2D eigenvalue weighted by Crippen LogP contribution is -2.51. The van der Waals surface area contributed by atoms with Gasteiger partial charge in [-0.15, -0.1) is 0 Å². The maximum atomic E-state index is 7.38. The van der Waals surface area contributed by atoms with Crippen LogP contribution in [0.1, 0.15) is 106 Å². The second-order valence-electron chi connectivity index (χ2n) is 22.1. The van der Waals surface area contributed by atoms with Crippen molar-refractivity contribution in [2.45, 2.75) is 110 Å². The fraction of sp³-hybridized carbons (Fsp3) is 0.279. The van der Waals surface area contributed by atoms with Crippen LogP contribution in [0.3, 0.4) is 0 Å². The van der Waals surface area contributed by atoms with Gasteiger partial charge in [-0.3, -0.25) is 0 Å². The first-order valence-electron chi connectivity index (χ1n) is 24.3. The molecule has 6 aromatic carbocycles. The molecule has 0 N–H and O–H groups in total. The Morgan fingerprint density at radius 3 is 2.14 bits per heavy atom. The molecule has 0 saturated carbocycles. The lowest BCUT2D eigenvalue weighted by molar-refractivity contribution is -0.714. The van der Waals surface area contributed by atoms with Gasteiger partial charge in [0.1, 0.15) is 22.5 Å². The van der Waals surface area contributed by atoms with Gasteiger partial charge in [0.25, 0.3) is 0 Å². The predicted octanol–water partition coefficient (Wildman–Crippen LogP) is 14.7. The third kappa shape index (κ3) is 6.08. The van der Waals surface area contributed by atoms with Gasteiger partial charge in [-0.1, -0.05) is 165 Å². The van der Waals surface area contributed by atoms with Crippen LogP contribution in [0.25, 0.3) is 78.1 Å². The molecule has 12 rings (SSSR count). The maximum Gasteiger partial charge on any atom is 0.304 e. The molecule has 0 spiro atoms. The van der Waals surface area contributed by atoms with Crippen molar-refractivity contribution in [3.05, 3.63) is 173 Å². The predicted molar refractivity (Wildman–Crippen MR) is 277 cm³/mol. The quantitative estimate of drug-likeness (QED) is 0.125. The molecule has 66 heavy (non-hydrogen) atoms. The van der Waals surface area contributed by atoms with Crippen molar-refractivity contribution in [2.75, 3.05) is 0 Å². The molecule has 5 heterocycles. The van der Waals surface area contributed by atoms with Crippen molar-refractivity contribution in [1.82, 2.24) is 4.57 Å². The minimum atomic E-state index is -1.61. The number of nitrogens with zero attached hydrogens (tertiary/aromatic N) is 3. The van der Waals surface area contributed by atoms with E-state index in [9.17, 15) is 0 Å². The Morgan fingerprint density at radius 1 is 0.712 bits per heavy atom. The summed E-state index contributed by atoms with van der Waals surface area (Å²) in [5.41, 5.74) is 21.8. The third-order valence-electron chi connectivity index (χ3n) is 15.3. The molecule has 0 fully saturated rings. The van der Waals surface area contributed by atoms with E-state index in [0.29, 0.717) is 11.8 Å². The van der Waals surface area contributed by atoms with Crippen LogP contribution in [0.4, 0.5) is 0 Å². The molecular formula is C61H61N3OSi+2. The molecule has 3 aliphatic rings. The number of allylic oxidation sites excluding steroid dienone is 2. The minimum Gasteiger partial charge on any atom is -0.455 e. The summed E-state index contributed by atoms with van der Waals surface area (Å²) in [6.45, 7) is 23.7. The zero-order valence-electron chi connectivity index (χ0n) is 40.3. The SMILES string of the molecule is CC(C)c1cccc(C(C)C)c1-[n+]1c2n(c3ccccc31)C1=C(Cc3ccc4c(oc5cc(-c6ccc(C(C)(C)C)cc6)ccc54)c3-2)C2c3ccccc3-c3ccc([Si](C)(C)C)c[n+]3C2C1. The van der Waals surface area contributed by atoms with E-state index < -0.39 is 8.07 Å². The summed E-state index contributed by atoms with van der Waals surface area (Å²) in [6.07, 6.45) is 4.33. The average molecular weight is 880 g/mol. The van der Waals surface area contributed by atoms with E-state index in [4.69, 9.17) is 4.42 Å². The zero-order valence-corrected chi connectivity index (χ0v) is 41.3. The Balaban J connectivity index is 1.17. The van der Waals surface area contributed by atoms with Gasteiger partial charge in [0.15, 0.2) is 28.9 Å². The number of pyridine rings is 1. The van der Waals surface area contributed by atoms with Crippen LogP contribution >= 0.6 is 0 Å². The highest BCUT2D eigenvalue weighted by molar-refractivity contribution is 6.88. The molecule has 5 heteroatoms. The van der Waals surface area contributed by atoms with Crippen LogP contribution in [0.15, 0.2) is 150 Å². The number of rotatable bonds is 5. The summed E-state index contributed by atoms with van der Waals surface area (Å²) in [6, 6.07) is 51.3. The van der Waals surface area contributed by atoms with Crippen LogP contribution in [-0.4, -0.2) is 12.6 Å². The molecule has 4 nitrogen and oxygen atoms in total. The molecule has 1 aliphatic carbocycles. The summed E-state index contributed by atoms with van der Waals surface area (Å²) in [5, 5.41) is 3.82. The normalized spacial score (nSPS) is 16.7. The zero-order chi connectivity index (χ0) is 45.6. The number of imidazole rings is 1. The molecule has 2 unspecified atom stereocenters. The van der Waals surface area contributed by atoms with Gasteiger partial charge in [-0.25, -0.2) is 0 Å². The van der Waals surface area contributed by atoms with Crippen LogP contribution in [0.5, 0.6) is 0 Å². The molecular weight excluding hydrogens is 819 g/mol. The number of fused-ring (bicyclic) bond motifs is 17. The van der Waals surface area contributed by atoms with Crippen molar-refractivity contribution >= 4 is 51.9 Å². The molecule has 2 aliphatic heterocycles. The lowest BCUT2D eigenvalue weighted by Gasteiger charge is -2.28. The number of furan rings is 1. The standard InChI is InChI=1S/C61H61N3OSi/c1-36(2)43-18-15-19-44(37(3)4)58(43)64-52-21-14-13-20-51(52)63-53-34-54-57(47-17-12-11-16-45(47)50-31-28-42(35-62(50)54)66(8,9)10)49(53)32-40-25-30-48-46-29-24-39(33-55(46)65-59(48)56(40)60(63)64)38-22-26-41(27-23-38)61(5,6)7/h11-31,33,35-37,54,57H,32,34H2,1-10H3/q+2. The van der Waals surface area contributed by atoms with Crippen molar-refractivity contribution in [2.24, 2.45) is 0 Å². The van der Waals surface area contributed by atoms with Gasteiger partial charge < -0.3 is 4.42 Å². The van der Waals surface area contributed by atoms with E-state index >= 15 is 0 Å². The smallest absolute Gasteiger partial charge is 0.304 e. The number of benzene rings is 6. The van der Waals surface area contributed by atoms with Crippen molar-refractivity contribution in [1.29, 1.82) is 0 Å². The van der Waals surface area contributed by atoms with E-state index in [-0.39, 0.29) is 17.4 Å². The van der Waals surface area contributed by atoms with Gasteiger partial charge in [0, 0.05) is 33.2 Å². The van der Waals surface area contributed by atoms with Crippen molar-refractivity contribution in [3.63, 3.8) is 0 Å². The van der Waals surface area contributed by atoms with Gasteiger partial charge in [-0.2, -0.15) is 13.7 Å². The number of hydrogen-bond acceptors (Lipinski definition) is 1. The topological polar surface area (TPSA) is 25.8 Å². The summed E-state index contributed by atoms with van der Waals surface area (Å²) in [7, 11) is -1.61. The van der Waals surface area contributed by atoms with E-state index in [1.165, 1.54) is 94.8 Å². The summed E-state index contributed by atoms with van der Waals surface area (Å²) < 4.78 is 15.4.